The number of Topliss-reactive ketones (excluding diaryl/α,β-unsaturated/α-hetero) is 1. The standard InChI is InChI=1S/C19H36O3Si/c1-17(2,3)23(7,8)22-15-11-12-19(6)14(18(15,4)5)10-9-13(20)16(19)21/h13-15,20H,9-12H2,1-8H3/t13-,14+,15+,19+/m1/s1. The van der Waals surface area contributed by atoms with Gasteiger partial charge >= 0.3 is 0 Å². The van der Waals surface area contributed by atoms with Gasteiger partial charge in [0.2, 0.25) is 0 Å². The van der Waals surface area contributed by atoms with Gasteiger partial charge in [0.1, 0.15) is 6.10 Å². The molecule has 4 atom stereocenters. The summed E-state index contributed by atoms with van der Waals surface area (Å²) in [5.41, 5.74) is -0.410. The maximum Gasteiger partial charge on any atom is 0.192 e. The van der Waals surface area contributed by atoms with Gasteiger partial charge in [0.15, 0.2) is 14.1 Å². The first-order valence-electron chi connectivity index (χ1n) is 9.14. The minimum atomic E-state index is -1.83. The maximum absolute atomic E-state index is 12.6. The number of hydrogen-bond acceptors (Lipinski definition) is 3. The molecule has 1 N–H and O–H groups in total. The fourth-order valence-corrected chi connectivity index (χ4v) is 6.07. The van der Waals surface area contributed by atoms with Crippen molar-refractivity contribution in [3.63, 3.8) is 0 Å². The first kappa shape index (κ1) is 19.1. The molecule has 134 valence electrons. The summed E-state index contributed by atoms with van der Waals surface area (Å²) in [6.07, 6.45) is 2.75. The van der Waals surface area contributed by atoms with Crippen molar-refractivity contribution in [2.75, 3.05) is 0 Å². The number of aliphatic hydroxyl groups is 1. The van der Waals surface area contributed by atoms with E-state index in [1.165, 1.54) is 0 Å². The van der Waals surface area contributed by atoms with Crippen LogP contribution in [-0.2, 0) is 9.22 Å². The molecule has 0 aromatic heterocycles. The van der Waals surface area contributed by atoms with E-state index in [1.807, 2.05) is 0 Å². The first-order chi connectivity index (χ1) is 10.2. The van der Waals surface area contributed by atoms with Crippen molar-refractivity contribution in [2.24, 2.45) is 16.7 Å². The van der Waals surface area contributed by atoms with Crippen LogP contribution in [0.25, 0.3) is 0 Å². The molecule has 0 amide bonds. The number of fused-ring (bicyclic) bond motifs is 1. The first-order valence-corrected chi connectivity index (χ1v) is 12.0. The molecule has 0 radical (unpaired) electrons. The van der Waals surface area contributed by atoms with Crippen LogP contribution in [0.15, 0.2) is 0 Å². The van der Waals surface area contributed by atoms with Gasteiger partial charge < -0.3 is 9.53 Å². The van der Waals surface area contributed by atoms with E-state index in [-0.39, 0.29) is 27.8 Å². The van der Waals surface area contributed by atoms with Crippen molar-refractivity contribution in [1.82, 2.24) is 0 Å². The number of aliphatic hydroxyl groups excluding tert-OH is 1. The second-order valence-electron chi connectivity index (χ2n) is 10.2. The van der Waals surface area contributed by atoms with Crippen LogP contribution in [-0.4, -0.2) is 31.4 Å². The van der Waals surface area contributed by atoms with Crippen LogP contribution in [0.4, 0.5) is 0 Å². The quantitative estimate of drug-likeness (QED) is 0.751. The van der Waals surface area contributed by atoms with Crippen LogP contribution in [0, 0.1) is 16.7 Å². The topological polar surface area (TPSA) is 46.5 Å². The van der Waals surface area contributed by atoms with E-state index in [1.54, 1.807) is 0 Å². The predicted octanol–water partition coefficient (Wildman–Crippen LogP) is 4.54. The highest BCUT2D eigenvalue weighted by molar-refractivity contribution is 6.74. The Morgan fingerprint density at radius 1 is 1.13 bits per heavy atom. The van der Waals surface area contributed by atoms with Crippen LogP contribution >= 0.6 is 0 Å². The lowest BCUT2D eigenvalue weighted by Crippen LogP contribution is -2.60. The van der Waals surface area contributed by atoms with Gasteiger partial charge in [0.25, 0.3) is 0 Å². The van der Waals surface area contributed by atoms with Crippen molar-refractivity contribution >= 4 is 14.1 Å². The minimum Gasteiger partial charge on any atom is -0.413 e. The largest absolute Gasteiger partial charge is 0.413 e. The zero-order valence-corrected chi connectivity index (χ0v) is 17.3. The summed E-state index contributed by atoms with van der Waals surface area (Å²) in [4.78, 5) is 12.6. The zero-order valence-electron chi connectivity index (χ0n) is 16.3. The van der Waals surface area contributed by atoms with Crippen molar-refractivity contribution < 1.29 is 14.3 Å². The van der Waals surface area contributed by atoms with E-state index in [2.05, 4.69) is 54.6 Å². The van der Waals surface area contributed by atoms with Crippen molar-refractivity contribution in [3.05, 3.63) is 0 Å². The van der Waals surface area contributed by atoms with Gasteiger partial charge in [0.05, 0.1) is 6.10 Å². The molecular formula is C19H36O3Si. The van der Waals surface area contributed by atoms with Gasteiger partial charge in [-0.05, 0) is 55.1 Å². The summed E-state index contributed by atoms with van der Waals surface area (Å²) in [5.74, 6) is 0.363. The van der Waals surface area contributed by atoms with Crippen LogP contribution in [0.5, 0.6) is 0 Å². The molecule has 2 fully saturated rings. The van der Waals surface area contributed by atoms with Crippen molar-refractivity contribution in [1.29, 1.82) is 0 Å². The normalized spacial score (nSPS) is 38.3. The Morgan fingerprint density at radius 2 is 1.70 bits per heavy atom. The molecule has 4 heteroatoms. The monoisotopic (exact) mass is 340 g/mol. The van der Waals surface area contributed by atoms with E-state index in [0.717, 1.165) is 19.3 Å². The van der Waals surface area contributed by atoms with E-state index in [0.29, 0.717) is 12.3 Å². The van der Waals surface area contributed by atoms with E-state index >= 15 is 0 Å². The molecule has 0 heterocycles. The second-order valence-corrected chi connectivity index (χ2v) is 14.9. The SMILES string of the molecule is CC1(C)[C@@H](O[Si](C)(C)C(C)(C)C)CC[C@]2(C)C(=O)[C@H](O)CC[C@@H]12. The summed E-state index contributed by atoms with van der Waals surface area (Å²) in [6.45, 7) is 18.1. The molecule has 0 aliphatic heterocycles. The van der Waals surface area contributed by atoms with Crippen molar-refractivity contribution in [3.8, 4) is 0 Å². The third-order valence-corrected chi connectivity index (χ3v) is 11.7. The molecule has 0 saturated heterocycles. The molecule has 0 bridgehead atoms. The van der Waals surface area contributed by atoms with Crippen molar-refractivity contribution in [2.45, 2.75) is 97.6 Å². The van der Waals surface area contributed by atoms with Gasteiger partial charge in [-0.15, -0.1) is 0 Å². The Balaban J connectivity index is 2.27. The molecule has 0 aromatic rings. The lowest BCUT2D eigenvalue weighted by Gasteiger charge is -2.58. The summed E-state index contributed by atoms with van der Waals surface area (Å²) >= 11 is 0. The number of carbonyl (C=O) groups excluding carboxylic acids is 1. The van der Waals surface area contributed by atoms with Crippen LogP contribution in [0.1, 0.15) is 67.2 Å². The van der Waals surface area contributed by atoms with Gasteiger partial charge in [-0.3, -0.25) is 4.79 Å². The third kappa shape index (κ3) is 3.07. The maximum atomic E-state index is 12.6. The Bertz CT molecular complexity index is 477. The molecule has 2 aliphatic rings. The Kier molecular flexibility index (Phi) is 4.72. The molecular weight excluding hydrogens is 304 g/mol. The Morgan fingerprint density at radius 3 is 2.22 bits per heavy atom. The molecule has 0 unspecified atom stereocenters. The number of ketones is 1. The lowest BCUT2D eigenvalue weighted by molar-refractivity contribution is -0.164. The highest BCUT2D eigenvalue weighted by Crippen LogP contribution is 2.58. The Hall–Kier alpha value is -0.193. The summed E-state index contributed by atoms with van der Waals surface area (Å²) in [5, 5.41) is 10.2. The van der Waals surface area contributed by atoms with E-state index < -0.39 is 14.4 Å². The average Bonchev–Trinajstić information content (AvgIpc) is 2.38. The third-order valence-electron chi connectivity index (χ3n) is 7.26. The van der Waals surface area contributed by atoms with Gasteiger partial charge in [0, 0.05) is 5.41 Å². The molecule has 0 aromatic carbocycles. The average molecular weight is 341 g/mol. The minimum absolute atomic E-state index is 0.0294. The number of rotatable bonds is 2. The van der Waals surface area contributed by atoms with Crippen LogP contribution in [0.3, 0.4) is 0 Å². The fraction of sp³-hybridized carbons (Fsp3) is 0.947. The zero-order chi connectivity index (χ0) is 17.8. The highest BCUT2D eigenvalue weighted by Gasteiger charge is 2.58. The summed E-state index contributed by atoms with van der Waals surface area (Å²) in [7, 11) is -1.83. The number of carbonyl (C=O) groups is 1. The molecule has 2 saturated carbocycles. The van der Waals surface area contributed by atoms with Crippen LogP contribution in [0.2, 0.25) is 18.1 Å². The molecule has 3 nitrogen and oxygen atoms in total. The highest BCUT2D eigenvalue weighted by atomic mass is 28.4. The molecule has 23 heavy (non-hydrogen) atoms. The van der Waals surface area contributed by atoms with E-state index in [4.69, 9.17) is 4.43 Å². The molecule has 0 spiro atoms. The second kappa shape index (κ2) is 5.67. The Labute approximate surface area is 143 Å². The molecule has 2 rings (SSSR count). The van der Waals surface area contributed by atoms with E-state index in [9.17, 15) is 9.90 Å². The van der Waals surface area contributed by atoms with Crippen LogP contribution < -0.4 is 0 Å². The lowest BCUT2D eigenvalue weighted by atomic mass is 9.50. The van der Waals surface area contributed by atoms with Gasteiger partial charge in [-0.1, -0.05) is 41.5 Å². The fourth-order valence-electron chi connectivity index (χ4n) is 4.59. The summed E-state index contributed by atoms with van der Waals surface area (Å²) < 4.78 is 6.78. The van der Waals surface area contributed by atoms with Gasteiger partial charge in [-0.25, -0.2) is 0 Å². The molecule has 2 aliphatic carbocycles. The predicted molar refractivity (Wildman–Crippen MR) is 96.9 cm³/mol. The smallest absolute Gasteiger partial charge is 0.192 e. The number of hydrogen-bond donors (Lipinski definition) is 1. The van der Waals surface area contributed by atoms with Gasteiger partial charge in [-0.2, -0.15) is 0 Å². The summed E-state index contributed by atoms with van der Waals surface area (Å²) in [6, 6.07) is 0.